The first-order valence-corrected chi connectivity index (χ1v) is 6.49. The molecule has 0 spiro atoms. The molecule has 0 fully saturated rings. The maximum atomic E-state index is 13.0. The molecule has 0 heterocycles. The fourth-order valence-electron chi connectivity index (χ4n) is 1.78. The maximum absolute atomic E-state index is 13.0. The minimum atomic E-state index is -0.521. The van der Waals surface area contributed by atoms with E-state index in [2.05, 4.69) is 16.6 Å². The Hall–Kier alpha value is -3.13. The first kappa shape index (κ1) is 15.3. The second kappa shape index (κ2) is 7.04. The van der Waals surface area contributed by atoms with Crippen LogP contribution in [0.4, 0.5) is 10.1 Å². The Morgan fingerprint density at radius 1 is 1.14 bits per heavy atom. The van der Waals surface area contributed by atoms with E-state index in [1.807, 2.05) is 0 Å². The lowest BCUT2D eigenvalue weighted by atomic mass is 10.2. The molecular weight excluding hydrogens is 283 g/mol. The smallest absolute Gasteiger partial charge is 0.251 e. The molecule has 0 saturated carbocycles. The highest BCUT2D eigenvalue weighted by Crippen LogP contribution is 2.09. The Bertz CT molecular complexity index is 750. The Morgan fingerprint density at radius 3 is 2.64 bits per heavy atom. The molecular formula is C17H13FN2O2. The van der Waals surface area contributed by atoms with Gasteiger partial charge in [-0.1, -0.05) is 18.1 Å². The van der Waals surface area contributed by atoms with E-state index < -0.39 is 17.6 Å². The molecule has 5 heteroatoms. The van der Waals surface area contributed by atoms with E-state index in [1.54, 1.807) is 24.3 Å². The van der Waals surface area contributed by atoms with Crippen molar-refractivity contribution in [2.45, 2.75) is 0 Å². The molecule has 110 valence electrons. The van der Waals surface area contributed by atoms with Crippen LogP contribution in [0.3, 0.4) is 0 Å². The van der Waals surface area contributed by atoms with Crippen molar-refractivity contribution in [3.05, 3.63) is 65.5 Å². The fourth-order valence-corrected chi connectivity index (χ4v) is 1.78. The van der Waals surface area contributed by atoms with Crippen molar-refractivity contribution in [2.75, 3.05) is 11.9 Å². The highest BCUT2D eigenvalue weighted by molar-refractivity contribution is 5.99. The summed E-state index contributed by atoms with van der Waals surface area (Å²) in [6, 6.07) is 12.0. The summed E-state index contributed by atoms with van der Waals surface area (Å²) in [4.78, 5) is 23.5. The fraction of sp³-hybridized carbons (Fsp3) is 0.0588. The maximum Gasteiger partial charge on any atom is 0.251 e. The molecule has 4 nitrogen and oxygen atoms in total. The Kier molecular flexibility index (Phi) is 4.89. The Balaban J connectivity index is 1.90. The van der Waals surface area contributed by atoms with Gasteiger partial charge in [0.2, 0.25) is 5.91 Å². The summed E-state index contributed by atoms with van der Waals surface area (Å²) in [5, 5.41) is 5.03. The van der Waals surface area contributed by atoms with Gasteiger partial charge in [0, 0.05) is 16.8 Å². The van der Waals surface area contributed by atoms with E-state index in [4.69, 9.17) is 6.42 Å². The van der Waals surface area contributed by atoms with Gasteiger partial charge in [-0.2, -0.15) is 0 Å². The average molecular weight is 296 g/mol. The molecule has 2 rings (SSSR count). The van der Waals surface area contributed by atoms with Crippen LogP contribution in [0.2, 0.25) is 0 Å². The molecule has 0 radical (unpaired) electrons. The van der Waals surface area contributed by atoms with Crippen LogP contribution >= 0.6 is 0 Å². The standard InChI is InChI=1S/C17H13FN2O2/c1-2-12-5-3-8-15(9-12)20-16(21)11-19-17(22)13-6-4-7-14(18)10-13/h1,3-10H,11H2,(H,19,22)(H,20,21). The zero-order chi connectivity index (χ0) is 15.9. The molecule has 0 aromatic heterocycles. The topological polar surface area (TPSA) is 58.2 Å². The molecule has 22 heavy (non-hydrogen) atoms. The summed E-state index contributed by atoms with van der Waals surface area (Å²) in [7, 11) is 0. The van der Waals surface area contributed by atoms with Crippen molar-refractivity contribution in [1.82, 2.24) is 5.32 Å². The third-order valence-electron chi connectivity index (χ3n) is 2.81. The molecule has 2 N–H and O–H groups in total. The largest absolute Gasteiger partial charge is 0.343 e. The van der Waals surface area contributed by atoms with Gasteiger partial charge in [0.1, 0.15) is 5.82 Å². The number of rotatable bonds is 4. The Labute approximate surface area is 127 Å². The summed E-state index contributed by atoms with van der Waals surface area (Å²) >= 11 is 0. The minimum absolute atomic E-state index is 0.155. The van der Waals surface area contributed by atoms with Gasteiger partial charge >= 0.3 is 0 Å². The van der Waals surface area contributed by atoms with E-state index in [1.165, 1.54) is 18.2 Å². The van der Waals surface area contributed by atoms with Crippen LogP contribution in [0, 0.1) is 18.2 Å². The van der Waals surface area contributed by atoms with Crippen molar-refractivity contribution >= 4 is 17.5 Å². The van der Waals surface area contributed by atoms with Crippen molar-refractivity contribution in [3.63, 3.8) is 0 Å². The second-order valence-electron chi connectivity index (χ2n) is 4.47. The highest BCUT2D eigenvalue weighted by atomic mass is 19.1. The number of anilines is 1. The van der Waals surface area contributed by atoms with Crippen LogP contribution in [0.25, 0.3) is 0 Å². The first-order chi connectivity index (χ1) is 10.6. The SMILES string of the molecule is C#Cc1cccc(NC(=O)CNC(=O)c2cccc(F)c2)c1. The van der Waals surface area contributed by atoms with Crippen molar-refractivity contribution in [1.29, 1.82) is 0 Å². The first-order valence-electron chi connectivity index (χ1n) is 6.49. The van der Waals surface area contributed by atoms with Gasteiger partial charge < -0.3 is 10.6 Å². The van der Waals surface area contributed by atoms with Gasteiger partial charge in [-0.05, 0) is 36.4 Å². The monoisotopic (exact) mass is 296 g/mol. The van der Waals surface area contributed by atoms with Gasteiger partial charge in [-0.3, -0.25) is 9.59 Å². The van der Waals surface area contributed by atoms with Gasteiger partial charge in [0.15, 0.2) is 0 Å². The summed E-state index contributed by atoms with van der Waals surface area (Å²) in [5.74, 6) is 1.03. The number of terminal acetylenes is 1. The third-order valence-corrected chi connectivity index (χ3v) is 2.81. The quantitative estimate of drug-likeness (QED) is 0.850. The molecule has 0 bridgehead atoms. The van der Waals surface area contributed by atoms with Crippen LogP contribution in [0.5, 0.6) is 0 Å². The molecule has 0 unspecified atom stereocenters. The van der Waals surface area contributed by atoms with Gasteiger partial charge in [-0.15, -0.1) is 6.42 Å². The molecule has 0 aliphatic heterocycles. The second-order valence-corrected chi connectivity index (χ2v) is 4.47. The van der Waals surface area contributed by atoms with E-state index in [0.29, 0.717) is 11.3 Å². The van der Waals surface area contributed by atoms with Crippen LogP contribution < -0.4 is 10.6 Å². The predicted octanol–water partition coefficient (Wildman–Crippen LogP) is 2.18. The molecule has 0 aliphatic rings. The molecule has 0 saturated heterocycles. The number of carbonyl (C=O) groups excluding carboxylic acids is 2. The average Bonchev–Trinajstić information content (AvgIpc) is 2.52. The molecule has 2 aromatic rings. The molecule has 0 atom stereocenters. The van der Waals surface area contributed by atoms with Crippen molar-refractivity contribution in [2.24, 2.45) is 0 Å². The number of nitrogens with one attached hydrogen (secondary N) is 2. The highest BCUT2D eigenvalue weighted by Gasteiger charge is 2.09. The van der Waals surface area contributed by atoms with Crippen LogP contribution in [-0.2, 0) is 4.79 Å². The zero-order valence-electron chi connectivity index (χ0n) is 11.6. The Morgan fingerprint density at radius 2 is 1.91 bits per heavy atom. The van der Waals surface area contributed by atoms with Crippen LogP contribution in [0.1, 0.15) is 15.9 Å². The van der Waals surface area contributed by atoms with Gasteiger partial charge in [-0.25, -0.2) is 4.39 Å². The number of benzene rings is 2. The van der Waals surface area contributed by atoms with Crippen LogP contribution in [0.15, 0.2) is 48.5 Å². The summed E-state index contributed by atoms with van der Waals surface area (Å²) in [6.45, 7) is -0.227. The normalized spacial score (nSPS) is 9.64. The summed E-state index contributed by atoms with van der Waals surface area (Å²) < 4.78 is 13.0. The lowest BCUT2D eigenvalue weighted by Gasteiger charge is -2.07. The minimum Gasteiger partial charge on any atom is -0.343 e. The van der Waals surface area contributed by atoms with Crippen LogP contribution in [-0.4, -0.2) is 18.4 Å². The van der Waals surface area contributed by atoms with Crippen molar-refractivity contribution in [3.8, 4) is 12.3 Å². The number of amides is 2. The van der Waals surface area contributed by atoms with E-state index in [0.717, 1.165) is 6.07 Å². The lowest BCUT2D eigenvalue weighted by Crippen LogP contribution is -2.32. The van der Waals surface area contributed by atoms with E-state index in [-0.39, 0.29) is 12.1 Å². The lowest BCUT2D eigenvalue weighted by molar-refractivity contribution is -0.115. The summed E-state index contributed by atoms with van der Waals surface area (Å²) in [6.07, 6.45) is 5.27. The number of halogens is 1. The van der Waals surface area contributed by atoms with Crippen molar-refractivity contribution < 1.29 is 14.0 Å². The zero-order valence-corrected chi connectivity index (χ0v) is 11.6. The van der Waals surface area contributed by atoms with Gasteiger partial charge in [0.25, 0.3) is 5.91 Å². The predicted molar refractivity (Wildman–Crippen MR) is 81.7 cm³/mol. The number of hydrogen-bond donors (Lipinski definition) is 2. The third kappa shape index (κ3) is 4.18. The number of hydrogen-bond acceptors (Lipinski definition) is 2. The van der Waals surface area contributed by atoms with E-state index in [9.17, 15) is 14.0 Å². The van der Waals surface area contributed by atoms with E-state index >= 15 is 0 Å². The molecule has 2 amide bonds. The number of carbonyl (C=O) groups is 2. The molecule has 0 aliphatic carbocycles. The van der Waals surface area contributed by atoms with Gasteiger partial charge in [0.05, 0.1) is 6.54 Å². The summed E-state index contributed by atoms with van der Waals surface area (Å²) in [5.41, 5.74) is 1.34. The molecule has 2 aromatic carbocycles.